The Morgan fingerprint density at radius 2 is 2.29 bits per heavy atom. The predicted octanol–water partition coefficient (Wildman–Crippen LogP) is 1.92. The molecule has 0 saturated heterocycles. The molecule has 0 spiro atoms. The molecule has 1 aromatic rings. The zero-order chi connectivity index (χ0) is 9.97. The molecule has 0 saturated carbocycles. The van der Waals surface area contributed by atoms with Gasteiger partial charge in [-0.15, -0.1) is 0 Å². The number of rotatable bonds is 1. The van der Waals surface area contributed by atoms with Crippen LogP contribution in [0.1, 0.15) is 34.8 Å². The second-order valence-electron chi connectivity index (χ2n) is 3.70. The normalized spacial score (nSPS) is 15.6. The summed E-state index contributed by atoms with van der Waals surface area (Å²) in [6, 6.07) is 6.17. The molecule has 0 fully saturated rings. The summed E-state index contributed by atoms with van der Waals surface area (Å²) in [5.41, 5.74) is 3.39. The van der Waals surface area contributed by atoms with E-state index in [1.54, 1.807) is 0 Å². The average Bonchev–Trinajstić information content (AvgIpc) is 2.40. The summed E-state index contributed by atoms with van der Waals surface area (Å²) in [6.07, 6.45) is 3.10. The fourth-order valence-electron chi connectivity index (χ4n) is 1.87. The van der Waals surface area contributed by atoms with E-state index in [1.807, 2.05) is 12.1 Å². The van der Waals surface area contributed by atoms with Crippen molar-refractivity contribution >= 4 is 5.91 Å². The molecule has 0 atom stereocenters. The van der Waals surface area contributed by atoms with Crippen LogP contribution < -0.4 is 5.32 Å². The van der Waals surface area contributed by atoms with Crippen molar-refractivity contribution in [3.63, 3.8) is 0 Å². The minimum absolute atomic E-state index is 0.0835. The van der Waals surface area contributed by atoms with E-state index in [2.05, 4.69) is 18.3 Å². The number of hydrogen-bond acceptors (Lipinski definition) is 1. The Kier molecular flexibility index (Phi) is 2.53. The van der Waals surface area contributed by atoms with Crippen LogP contribution in [0.4, 0.5) is 0 Å². The van der Waals surface area contributed by atoms with Gasteiger partial charge in [0.05, 0.1) is 0 Å². The smallest absolute Gasteiger partial charge is 0.251 e. The molecule has 0 aliphatic carbocycles. The van der Waals surface area contributed by atoms with Gasteiger partial charge in [0, 0.05) is 12.1 Å². The van der Waals surface area contributed by atoms with E-state index in [9.17, 15) is 4.79 Å². The molecular formula is C12H15NO. The van der Waals surface area contributed by atoms with Crippen molar-refractivity contribution in [3.8, 4) is 0 Å². The molecule has 1 aliphatic rings. The van der Waals surface area contributed by atoms with Crippen LogP contribution in [0, 0.1) is 0 Å². The summed E-state index contributed by atoms with van der Waals surface area (Å²) in [6.45, 7) is 2.94. The average molecular weight is 189 g/mol. The summed E-state index contributed by atoms with van der Waals surface area (Å²) in [5.74, 6) is 0.0835. The lowest BCUT2D eigenvalue weighted by atomic mass is 10.00. The number of amides is 1. The van der Waals surface area contributed by atoms with Gasteiger partial charge in [0.25, 0.3) is 5.91 Å². The minimum Gasteiger partial charge on any atom is -0.352 e. The minimum atomic E-state index is 0.0835. The molecule has 1 aromatic carbocycles. The number of fused-ring (bicyclic) bond motifs is 1. The molecule has 1 heterocycles. The number of aryl methyl sites for hydroxylation is 2. The molecule has 1 amide bonds. The van der Waals surface area contributed by atoms with Crippen molar-refractivity contribution in [1.82, 2.24) is 5.32 Å². The topological polar surface area (TPSA) is 29.1 Å². The van der Waals surface area contributed by atoms with Crippen LogP contribution >= 0.6 is 0 Å². The van der Waals surface area contributed by atoms with Gasteiger partial charge in [-0.2, -0.15) is 0 Å². The Bertz CT molecular complexity index is 357. The van der Waals surface area contributed by atoms with Crippen molar-refractivity contribution in [2.75, 3.05) is 6.54 Å². The van der Waals surface area contributed by atoms with Gasteiger partial charge < -0.3 is 5.32 Å². The molecule has 1 aliphatic heterocycles. The van der Waals surface area contributed by atoms with Crippen LogP contribution in [-0.4, -0.2) is 12.5 Å². The quantitative estimate of drug-likeness (QED) is 0.718. The van der Waals surface area contributed by atoms with Crippen molar-refractivity contribution < 1.29 is 4.79 Å². The Balaban J connectivity index is 2.43. The fourth-order valence-corrected chi connectivity index (χ4v) is 1.87. The maximum atomic E-state index is 11.6. The lowest BCUT2D eigenvalue weighted by molar-refractivity contribution is 0.0956. The van der Waals surface area contributed by atoms with Crippen LogP contribution in [-0.2, 0) is 12.8 Å². The SMILES string of the molecule is CCc1ccc2c(c1)CCCNC2=O. The van der Waals surface area contributed by atoms with Crippen LogP contribution in [0.5, 0.6) is 0 Å². The summed E-state index contributed by atoms with van der Waals surface area (Å²) in [5, 5.41) is 2.90. The number of hydrogen-bond donors (Lipinski definition) is 1. The largest absolute Gasteiger partial charge is 0.352 e. The number of benzene rings is 1. The molecule has 2 nitrogen and oxygen atoms in total. The summed E-state index contributed by atoms with van der Waals surface area (Å²) in [4.78, 5) is 11.6. The van der Waals surface area contributed by atoms with Gasteiger partial charge in [-0.05, 0) is 36.5 Å². The third-order valence-corrected chi connectivity index (χ3v) is 2.73. The lowest BCUT2D eigenvalue weighted by Gasteiger charge is -2.05. The van der Waals surface area contributed by atoms with Crippen molar-refractivity contribution in [2.24, 2.45) is 0 Å². The first kappa shape index (κ1) is 9.25. The highest BCUT2D eigenvalue weighted by molar-refractivity contribution is 5.96. The highest BCUT2D eigenvalue weighted by Gasteiger charge is 2.14. The van der Waals surface area contributed by atoms with E-state index >= 15 is 0 Å². The first-order valence-corrected chi connectivity index (χ1v) is 5.21. The highest BCUT2D eigenvalue weighted by atomic mass is 16.1. The van der Waals surface area contributed by atoms with Crippen LogP contribution in [0.2, 0.25) is 0 Å². The Hall–Kier alpha value is -1.31. The highest BCUT2D eigenvalue weighted by Crippen LogP contribution is 2.16. The third-order valence-electron chi connectivity index (χ3n) is 2.73. The molecule has 0 radical (unpaired) electrons. The lowest BCUT2D eigenvalue weighted by Crippen LogP contribution is -2.22. The van der Waals surface area contributed by atoms with Crippen molar-refractivity contribution in [2.45, 2.75) is 26.2 Å². The maximum absolute atomic E-state index is 11.6. The first-order chi connectivity index (χ1) is 6.81. The van der Waals surface area contributed by atoms with E-state index in [4.69, 9.17) is 0 Å². The molecule has 0 aromatic heterocycles. The number of carbonyl (C=O) groups is 1. The molecule has 2 heteroatoms. The molecule has 2 rings (SSSR count). The van der Waals surface area contributed by atoms with Gasteiger partial charge in [-0.1, -0.05) is 19.1 Å². The van der Waals surface area contributed by atoms with Crippen molar-refractivity contribution in [1.29, 1.82) is 0 Å². The van der Waals surface area contributed by atoms with Gasteiger partial charge in [0.1, 0.15) is 0 Å². The van der Waals surface area contributed by atoms with E-state index < -0.39 is 0 Å². The van der Waals surface area contributed by atoms with Gasteiger partial charge >= 0.3 is 0 Å². The number of carbonyl (C=O) groups excluding carboxylic acids is 1. The van der Waals surface area contributed by atoms with Crippen LogP contribution in [0.3, 0.4) is 0 Å². The van der Waals surface area contributed by atoms with Crippen molar-refractivity contribution in [3.05, 3.63) is 34.9 Å². The van der Waals surface area contributed by atoms with Crippen LogP contribution in [0.15, 0.2) is 18.2 Å². The third kappa shape index (κ3) is 1.65. The predicted molar refractivity (Wildman–Crippen MR) is 56.5 cm³/mol. The molecular weight excluding hydrogens is 174 g/mol. The molecule has 0 unspecified atom stereocenters. The maximum Gasteiger partial charge on any atom is 0.251 e. The molecule has 0 bridgehead atoms. The fraction of sp³-hybridized carbons (Fsp3) is 0.417. The second kappa shape index (κ2) is 3.82. The monoisotopic (exact) mass is 189 g/mol. The Morgan fingerprint density at radius 1 is 1.43 bits per heavy atom. The first-order valence-electron chi connectivity index (χ1n) is 5.21. The number of nitrogens with one attached hydrogen (secondary N) is 1. The summed E-state index contributed by atoms with van der Waals surface area (Å²) in [7, 11) is 0. The van der Waals surface area contributed by atoms with E-state index in [0.717, 1.165) is 31.4 Å². The zero-order valence-corrected chi connectivity index (χ0v) is 8.47. The van der Waals surface area contributed by atoms with E-state index in [1.165, 1.54) is 11.1 Å². The Labute approximate surface area is 84.3 Å². The standard InChI is InChI=1S/C12H15NO/c1-2-9-5-6-11-10(8-9)4-3-7-13-12(11)14/h5-6,8H,2-4,7H2,1H3,(H,13,14). The Morgan fingerprint density at radius 3 is 3.07 bits per heavy atom. The van der Waals surface area contributed by atoms with Crippen LogP contribution in [0.25, 0.3) is 0 Å². The van der Waals surface area contributed by atoms with Gasteiger partial charge in [-0.25, -0.2) is 0 Å². The summed E-state index contributed by atoms with van der Waals surface area (Å²) < 4.78 is 0. The molecule has 74 valence electrons. The van der Waals surface area contributed by atoms with E-state index in [0.29, 0.717) is 0 Å². The van der Waals surface area contributed by atoms with E-state index in [-0.39, 0.29) is 5.91 Å². The second-order valence-corrected chi connectivity index (χ2v) is 3.70. The summed E-state index contributed by atoms with van der Waals surface area (Å²) >= 11 is 0. The van der Waals surface area contributed by atoms with Gasteiger partial charge in [0.15, 0.2) is 0 Å². The van der Waals surface area contributed by atoms with Gasteiger partial charge in [0.2, 0.25) is 0 Å². The molecule has 14 heavy (non-hydrogen) atoms. The molecule has 1 N–H and O–H groups in total. The zero-order valence-electron chi connectivity index (χ0n) is 8.47. The van der Waals surface area contributed by atoms with Gasteiger partial charge in [-0.3, -0.25) is 4.79 Å².